The van der Waals surface area contributed by atoms with Crippen LogP contribution in [-0.2, 0) is 4.74 Å². The van der Waals surface area contributed by atoms with Crippen molar-refractivity contribution < 1.29 is 4.74 Å². The second-order valence-electron chi connectivity index (χ2n) is 3.53. The quantitative estimate of drug-likeness (QED) is 0.637. The first kappa shape index (κ1) is 8.61. The van der Waals surface area contributed by atoms with Crippen LogP contribution in [0.15, 0.2) is 35.3 Å². The zero-order chi connectivity index (χ0) is 9.10. The molecule has 0 saturated heterocycles. The molecule has 0 atom stereocenters. The van der Waals surface area contributed by atoms with Crippen LogP contribution in [0.5, 0.6) is 0 Å². The molecular weight excluding hydrogens is 160 g/mol. The van der Waals surface area contributed by atoms with E-state index in [1.807, 2.05) is 6.08 Å². The van der Waals surface area contributed by atoms with Gasteiger partial charge in [-0.15, -0.1) is 0 Å². The molecule has 2 rings (SSSR count). The van der Waals surface area contributed by atoms with Crippen LogP contribution >= 0.6 is 0 Å². The van der Waals surface area contributed by atoms with Gasteiger partial charge in [0.2, 0.25) is 0 Å². The van der Waals surface area contributed by atoms with E-state index in [9.17, 15) is 0 Å². The van der Waals surface area contributed by atoms with Gasteiger partial charge in [-0.05, 0) is 42.9 Å². The Hall–Kier alpha value is -0.980. The molecule has 0 N–H and O–H groups in total. The molecule has 1 heterocycles. The summed E-state index contributed by atoms with van der Waals surface area (Å²) in [6.07, 6.45) is 11.6. The minimum Gasteiger partial charge on any atom is -0.465 e. The Morgan fingerprint density at radius 2 is 2.31 bits per heavy atom. The molecule has 13 heavy (non-hydrogen) atoms. The first-order valence-corrected chi connectivity index (χ1v) is 4.96. The summed E-state index contributed by atoms with van der Waals surface area (Å²) in [7, 11) is 0. The molecule has 0 bridgehead atoms. The van der Waals surface area contributed by atoms with Gasteiger partial charge in [-0.1, -0.05) is 19.4 Å². The van der Waals surface area contributed by atoms with Gasteiger partial charge in [0, 0.05) is 0 Å². The topological polar surface area (TPSA) is 9.23 Å². The highest BCUT2D eigenvalue weighted by Crippen LogP contribution is 2.36. The second-order valence-corrected chi connectivity index (χ2v) is 3.53. The number of ether oxygens (including phenoxy) is 1. The maximum Gasteiger partial charge on any atom is 0.128 e. The predicted octanol–water partition coefficient (Wildman–Crippen LogP) is 3.51. The van der Waals surface area contributed by atoms with Gasteiger partial charge in [-0.2, -0.15) is 0 Å². The summed E-state index contributed by atoms with van der Waals surface area (Å²) in [5.74, 6) is 1.15. The van der Waals surface area contributed by atoms with E-state index in [1.165, 1.54) is 24.0 Å². The van der Waals surface area contributed by atoms with Gasteiger partial charge >= 0.3 is 0 Å². The van der Waals surface area contributed by atoms with Crippen LogP contribution in [0.25, 0.3) is 0 Å². The molecule has 0 fully saturated rings. The summed E-state index contributed by atoms with van der Waals surface area (Å²) in [5.41, 5.74) is 2.86. The highest BCUT2D eigenvalue weighted by Gasteiger charge is 2.21. The van der Waals surface area contributed by atoms with Crippen molar-refractivity contribution in [3.63, 3.8) is 0 Å². The molecule has 1 nitrogen and oxygen atoms in total. The van der Waals surface area contributed by atoms with Crippen LogP contribution in [0, 0.1) is 6.92 Å². The zero-order valence-corrected chi connectivity index (χ0v) is 7.88. The third-order valence-corrected chi connectivity index (χ3v) is 2.60. The summed E-state index contributed by atoms with van der Waals surface area (Å²) in [6, 6.07) is 0. The SMILES string of the molecule is [CH2]CCCC1=C2OC=CC=C2CC1. The summed E-state index contributed by atoms with van der Waals surface area (Å²) in [4.78, 5) is 0. The molecule has 0 unspecified atom stereocenters. The van der Waals surface area contributed by atoms with Crippen LogP contribution in [-0.4, -0.2) is 0 Å². The predicted molar refractivity (Wildman–Crippen MR) is 53.8 cm³/mol. The molecule has 1 radical (unpaired) electrons. The normalized spacial score (nSPS) is 19.9. The summed E-state index contributed by atoms with van der Waals surface area (Å²) >= 11 is 0. The van der Waals surface area contributed by atoms with Crippen LogP contribution in [0.1, 0.15) is 32.1 Å². The van der Waals surface area contributed by atoms with Gasteiger partial charge < -0.3 is 4.74 Å². The smallest absolute Gasteiger partial charge is 0.128 e. The van der Waals surface area contributed by atoms with E-state index in [1.54, 1.807) is 6.26 Å². The zero-order valence-electron chi connectivity index (χ0n) is 7.88. The molecular formula is C12H15O. The van der Waals surface area contributed by atoms with E-state index in [2.05, 4.69) is 13.0 Å². The van der Waals surface area contributed by atoms with Gasteiger partial charge in [0.1, 0.15) is 5.76 Å². The summed E-state index contributed by atoms with van der Waals surface area (Å²) in [5, 5.41) is 0. The molecule has 1 aliphatic carbocycles. The monoisotopic (exact) mass is 175 g/mol. The van der Waals surface area contributed by atoms with Gasteiger partial charge in [0.25, 0.3) is 0 Å². The van der Waals surface area contributed by atoms with E-state index < -0.39 is 0 Å². The number of hydrogen-bond donors (Lipinski definition) is 0. The largest absolute Gasteiger partial charge is 0.465 e. The van der Waals surface area contributed by atoms with Crippen molar-refractivity contribution >= 4 is 0 Å². The van der Waals surface area contributed by atoms with Crippen molar-refractivity contribution in [2.45, 2.75) is 32.1 Å². The molecule has 0 saturated carbocycles. The minimum atomic E-state index is 1.02. The van der Waals surface area contributed by atoms with Crippen molar-refractivity contribution in [2.75, 3.05) is 0 Å². The maximum atomic E-state index is 5.52. The molecule has 1 aliphatic heterocycles. The molecule has 1 heteroatoms. The molecule has 0 amide bonds. The Labute approximate surface area is 79.8 Å². The number of fused-ring (bicyclic) bond motifs is 1. The first-order chi connectivity index (χ1) is 6.42. The lowest BCUT2D eigenvalue weighted by molar-refractivity contribution is 0.353. The highest BCUT2D eigenvalue weighted by atomic mass is 16.5. The molecule has 0 aromatic rings. The second kappa shape index (κ2) is 3.82. The van der Waals surface area contributed by atoms with Gasteiger partial charge in [0.15, 0.2) is 0 Å². The minimum absolute atomic E-state index is 1.02. The van der Waals surface area contributed by atoms with E-state index >= 15 is 0 Å². The molecule has 69 valence electrons. The molecule has 0 aromatic carbocycles. The van der Waals surface area contributed by atoms with E-state index in [4.69, 9.17) is 4.74 Å². The van der Waals surface area contributed by atoms with Gasteiger partial charge in [0.05, 0.1) is 6.26 Å². The van der Waals surface area contributed by atoms with Crippen molar-refractivity contribution in [3.8, 4) is 0 Å². The number of hydrogen-bond acceptors (Lipinski definition) is 1. The highest BCUT2D eigenvalue weighted by molar-refractivity contribution is 5.41. The maximum absolute atomic E-state index is 5.52. The first-order valence-electron chi connectivity index (χ1n) is 4.96. The Kier molecular flexibility index (Phi) is 2.53. The van der Waals surface area contributed by atoms with Crippen LogP contribution in [0.3, 0.4) is 0 Å². The Bertz CT molecular complexity index is 281. The molecule has 0 spiro atoms. The fourth-order valence-electron chi connectivity index (χ4n) is 1.90. The lowest BCUT2D eigenvalue weighted by atomic mass is 10.1. The number of unbranched alkanes of at least 4 members (excludes halogenated alkanes) is 1. The van der Waals surface area contributed by atoms with Crippen LogP contribution in [0.4, 0.5) is 0 Å². The van der Waals surface area contributed by atoms with Crippen molar-refractivity contribution in [3.05, 3.63) is 42.2 Å². The van der Waals surface area contributed by atoms with Crippen molar-refractivity contribution in [1.82, 2.24) is 0 Å². The van der Waals surface area contributed by atoms with E-state index in [0.29, 0.717) is 0 Å². The van der Waals surface area contributed by atoms with Crippen molar-refractivity contribution in [1.29, 1.82) is 0 Å². The molecule has 0 aromatic heterocycles. The Morgan fingerprint density at radius 3 is 3.15 bits per heavy atom. The van der Waals surface area contributed by atoms with E-state index in [-0.39, 0.29) is 0 Å². The lowest BCUT2D eigenvalue weighted by Crippen LogP contribution is -1.92. The number of rotatable bonds is 3. The third-order valence-electron chi connectivity index (χ3n) is 2.60. The lowest BCUT2D eigenvalue weighted by Gasteiger charge is -2.09. The molecule has 2 aliphatic rings. The fourth-order valence-corrected chi connectivity index (χ4v) is 1.90. The summed E-state index contributed by atoms with van der Waals surface area (Å²) < 4.78 is 5.52. The average molecular weight is 175 g/mol. The Morgan fingerprint density at radius 1 is 1.38 bits per heavy atom. The third kappa shape index (κ3) is 1.69. The number of allylic oxidation sites excluding steroid dienone is 4. The van der Waals surface area contributed by atoms with Crippen LogP contribution in [0.2, 0.25) is 0 Å². The van der Waals surface area contributed by atoms with Crippen molar-refractivity contribution in [2.24, 2.45) is 0 Å². The average Bonchev–Trinajstić information content (AvgIpc) is 2.58. The standard InChI is InChI=1S/C12H15O/c1-2-3-5-10-7-8-11-6-4-9-13-12(10)11/h4,6,9H,1-3,5,7-8H2. The summed E-state index contributed by atoms with van der Waals surface area (Å²) in [6.45, 7) is 3.86. The van der Waals surface area contributed by atoms with E-state index in [0.717, 1.165) is 25.0 Å². The van der Waals surface area contributed by atoms with Crippen LogP contribution < -0.4 is 0 Å². The Balaban J connectivity index is 2.10. The van der Waals surface area contributed by atoms with Gasteiger partial charge in [-0.25, -0.2) is 0 Å². The van der Waals surface area contributed by atoms with Gasteiger partial charge in [-0.3, -0.25) is 0 Å². The fraction of sp³-hybridized carbons (Fsp3) is 0.417.